The number of carbonyl (C=O) groups excluding carboxylic acids is 1. The second kappa shape index (κ2) is 11.5. The molecule has 4 aromatic carbocycles. The van der Waals surface area contributed by atoms with E-state index in [1.54, 1.807) is 54.6 Å². The van der Waals surface area contributed by atoms with Gasteiger partial charge in [-0.2, -0.15) is 5.10 Å². The molecule has 4 aromatic rings. The molecule has 0 unspecified atom stereocenters. The molecule has 0 heterocycles. The number of hydrogen-bond donors (Lipinski definition) is 1. The molecule has 0 aliphatic rings. The Morgan fingerprint density at radius 3 is 2.19 bits per heavy atom. The van der Waals surface area contributed by atoms with E-state index < -0.39 is 22.5 Å². The van der Waals surface area contributed by atoms with Gasteiger partial charge in [-0.3, -0.25) is 9.10 Å². The summed E-state index contributed by atoms with van der Waals surface area (Å²) >= 11 is 5.96. The van der Waals surface area contributed by atoms with Crippen LogP contribution in [0.2, 0.25) is 5.02 Å². The molecule has 0 saturated heterocycles. The van der Waals surface area contributed by atoms with Crippen molar-refractivity contribution in [3.8, 4) is 11.5 Å². The van der Waals surface area contributed by atoms with Crippen LogP contribution in [0.5, 0.6) is 11.5 Å². The minimum Gasteiger partial charge on any atom is -0.457 e. The number of ether oxygens (including phenoxy) is 1. The van der Waals surface area contributed by atoms with Crippen LogP contribution in [0.3, 0.4) is 0 Å². The van der Waals surface area contributed by atoms with Gasteiger partial charge in [-0.25, -0.2) is 13.8 Å². The van der Waals surface area contributed by atoms with Crippen molar-refractivity contribution in [2.24, 2.45) is 5.10 Å². The highest BCUT2D eigenvalue weighted by Crippen LogP contribution is 2.25. The van der Waals surface area contributed by atoms with Gasteiger partial charge in [-0.05, 0) is 66.2 Å². The van der Waals surface area contributed by atoms with Gasteiger partial charge in [0.05, 0.1) is 16.8 Å². The molecule has 1 N–H and O–H groups in total. The average Bonchev–Trinajstić information content (AvgIpc) is 2.89. The molecule has 0 aliphatic carbocycles. The Kier molecular flexibility index (Phi) is 7.99. The van der Waals surface area contributed by atoms with Crippen LogP contribution in [-0.4, -0.2) is 27.1 Å². The number of rotatable bonds is 9. The standard InChI is InChI=1S/C27H22ClN3O4S/c28-22-14-16-23(17-15-22)31(36(33,34)26-12-5-2-6-13-26)20-27(32)30-29-19-21-8-7-11-25(18-21)35-24-9-3-1-4-10-24/h1-19H,20H2,(H,30,32)/b29-19-. The highest BCUT2D eigenvalue weighted by molar-refractivity contribution is 7.92. The second-order valence-corrected chi connectivity index (χ2v) is 9.88. The van der Waals surface area contributed by atoms with E-state index in [1.807, 2.05) is 30.3 Å². The number of amides is 1. The first-order chi connectivity index (χ1) is 17.4. The summed E-state index contributed by atoms with van der Waals surface area (Å²) in [5.41, 5.74) is 3.38. The number of carbonyl (C=O) groups is 1. The molecule has 0 saturated carbocycles. The fourth-order valence-electron chi connectivity index (χ4n) is 3.27. The third-order valence-corrected chi connectivity index (χ3v) is 7.01. The molecular weight excluding hydrogens is 498 g/mol. The van der Waals surface area contributed by atoms with Gasteiger partial charge >= 0.3 is 0 Å². The van der Waals surface area contributed by atoms with Crippen molar-refractivity contribution in [3.05, 3.63) is 120 Å². The predicted molar refractivity (Wildman–Crippen MR) is 141 cm³/mol. The second-order valence-electron chi connectivity index (χ2n) is 7.58. The third-order valence-electron chi connectivity index (χ3n) is 4.97. The molecule has 9 heteroatoms. The van der Waals surface area contributed by atoms with Gasteiger partial charge in [0.25, 0.3) is 15.9 Å². The number of anilines is 1. The van der Waals surface area contributed by atoms with Gasteiger partial charge in [-0.15, -0.1) is 0 Å². The van der Waals surface area contributed by atoms with Gasteiger partial charge in [-0.1, -0.05) is 60.1 Å². The van der Waals surface area contributed by atoms with Crippen molar-refractivity contribution in [1.29, 1.82) is 0 Å². The largest absolute Gasteiger partial charge is 0.457 e. The smallest absolute Gasteiger partial charge is 0.264 e. The van der Waals surface area contributed by atoms with Crippen LogP contribution in [0.4, 0.5) is 5.69 Å². The lowest BCUT2D eigenvalue weighted by molar-refractivity contribution is -0.119. The van der Waals surface area contributed by atoms with Crippen molar-refractivity contribution < 1.29 is 17.9 Å². The quantitative estimate of drug-likeness (QED) is 0.234. The van der Waals surface area contributed by atoms with E-state index in [-0.39, 0.29) is 4.90 Å². The Balaban J connectivity index is 1.47. The van der Waals surface area contributed by atoms with Crippen LogP contribution in [0.25, 0.3) is 0 Å². The van der Waals surface area contributed by atoms with E-state index in [1.165, 1.54) is 30.5 Å². The first kappa shape index (κ1) is 25.0. The number of halogens is 1. The first-order valence-corrected chi connectivity index (χ1v) is 12.7. The SMILES string of the molecule is O=C(CN(c1ccc(Cl)cc1)S(=O)(=O)c1ccccc1)N/N=C\c1cccc(Oc2ccccc2)c1. The molecular formula is C27H22ClN3O4S. The van der Waals surface area contributed by atoms with Gasteiger partial charge in [0, 0.05) is 5.02 Å². The summed E-state index contributed by atoms with van der Waals surface area (Å²) in [5, 5.41) is 4.43. The zero-order valence-corrected chi connectivity index (χ0v) is 20.6. The van der Waals surface area contributed by atoms with Crippen LogP contribution in [-0.2, 0) is 14.8 Å². The van der Waals surface area contributed by atoms with Crippen LogP contribution in [0.15, 0.2) is 119 Å². The lowest BCUT2D eigenvalue weighted by Crippen LogP contribution is -2.39. The Morgan fingerprint density at radius 1 is 0.861 bits per heavy atom. The normalized spacial score (nSPS) is 11.2. The minimum atomic E-state index is -4.01. The monoisotopic (exact) mass is 519 g/mol. The Labute approximate surface area is 214 Å². The van der Waals surface area contributed by atoms with Crippen molar-refractivity contribution in [2.75, 3.05) is 10.8 Å². The fraction of sp³-hybridized carbons (Fsp3) is 0.0370. The molecule has 1 amide bonds. The van der Waals surface area contributed by atoms with Crippen molar-refractivity contribution in [3.63, 3.8) is 0 Å². The Hall–Kier alpha value is -4.14. The number of benzene rings is 4. The lowest BCUT2D eigenvalue weighted by Gasteiger charge is -2.23. The van der Waals surface area contributed by atoms with Crippen LogP contribution in [0, 0.1) is 0 Å². The number of hydrazone groups is 1. The van der Waals surface area contributed by atoms with E-state index >= 15 is 0 Å². The number of para-hydroxylation sites is 1. The maximum absolute atomic E-state index is 13.3. The number of nitrogens with one attached hydrogen (secondary N) is 1. The first-order valence-electron chi connectivity index (χ1n) is 10.9. The maximum atomic E-state index is 13.3. The summed E-state index contributed by atoms with van der Waals surface area (Å²) in [6.45, 7) is -0.479. The van der Waals surface area contributed by atoms with Gasteiger partial charge < -0.3 is 4.74 Å². The van der Waals surface area contributed by atoms with Crippen molar-refractivity contribution >= 4 is 39.4 Å². The Bertz CT molecular complexity index is 1450. The van der Waals surface area contributed by atoms with Gasteiger partial charge in [0.2, 0.25) is 0 Å². The number of nitrogens with zero attached hydrogens (tertiary/aromatic N) is 2. The number of hydrogen-bond acceptors (Lipinski definition) is 5. The molecule has 36 heavy (non-hydrogen) atoms. The van der Waals surface area contributed by atoms with Crippen LogP contribution < -0.4 is 14.5 Å². The molecule has 7 nitrogen and oxygen atoms in total. The highest BCUT2D eigenvalue weighted by atomic mass is 35.5. The van der Waals surface area contributed by atoms with E-state index in [4.69, 9.17) is 16.3 Å². The van der Waals surface area contributed by atoms with Crippen molar-refractivity contribution in [1.82, 2.24) is 5.43 Å². The average molecular weight is 520 g/mol. The third kappa shape index (κ3) is 6.50. The molecule has 0 atom stereocenters. The minimum absolute atomic E-state index is 0.0616. The summed E-state index contributed by atoms with van der Waals surface area (Å²) < 4.78 is 33.4. The molecule has 0 aromatic heterocycles. The summed E-state index contributed by atoms with van der Waals surface area (Å²) in [6, 6.07) is 30.6. The van der Waals surface area contributed by atoms with Crippen LogP contribution >= 0.6 is 11.6 Å². The highest BCUT2D eigenvalue weighted by Gasteiger charge is 2.27. The predicted octanol–water partition coefficient (Wildman–Crippen LogP) is 5.48. The summed E-state index contributed by atoms with van der Waals surface area (Å²) in [6.07, 6.45) is 1.45. The zero-order valence-electron chi connectivity index (χ0n) is 19.0. The van der Waals surface area contributed by atoms with Crippen LogP contribution in [0.1, 0.15) is 5.56 Å². The summed E-state index contributed by atoms with van der Waals surface area (Å²) in [4.78, 5) is 12.7. The number of sulfonamides is 1. The van der Waals surface area contributed by atoms with Crippen molar-refractivity contribution in [2.45, 2.75) is 4.90 Å². The zero-order chi connectivity index (χ0) is 25.4. The topological polar surface area (TPSA) is 88.1 Å². The van der Waals surface area contributed by atoms with E-state index in [0.29, 0.717) is 27.8 Å². The lowest BCUT2D eigenvalue weighted by atomic mass is 10.2. The molecule has 182 valence electrons. The molecule has 0 radical (unpaired) electrons. The molecule has 4 rings (SSSR count). The maximum Gasteiger partial charge on any atom is 0.264 e. The van der Waals surface area contributed by atoms with E-state index in [0.717, 1.165) is 4.31 Å². The summed E-state index contributed by atoms with van der Waals surface area (Å²) in [5.74, 6) is 0.693. The Morgan fingerprint density at radius 2 is 1.50 bits per heavy atom. The molecule has 0 spiro atoms. The molecule has 0 aliphatic heterocycles. The molecule has 0 fully saturated rings. The molecule has 0 bridgehead atoms. The summed E-state index contributed by atoms with van der Waals surface area (Å²) in [7, 11) is -4.01. The van der Waals surface area contributed by atoms with E-state index in [2.05, 4.69) is 10.5 Å². The fourth-order valence-corrected chi connectivity index (χ4v) is 4.84. The van der Waals surface area contributed by atoms with Gasteiger partial charge in [0.1, 0.15) is 18.0 Å². The van der Waals surface area contributed by atoms with Gasteiger partial charge in [0.15, 0.2) is 0 Å². The van der Waals surface area contributed by atoms with E-state index in [9.17, 15) is 13.2 Å².